The molecular weight excluding hydrogens is 467 g/mol. The summed E-state index contributed by atoms with van der Waals surface area (Å²) in [5, 5.41) is 11.2. The molecule has 166 valence electrons. The number of benzene rings is 2. The van der Waals surface area contributed by atoms with Crippen LogP contribution in [-0.2, 0) is 12.2 Å². The Bertz CT molecular complexity index is 1210. The topological polar surface area (TPSA) is 87.3 Å². The van der Waals surface area contributed by atoms with Gasteiger partial charge in [-0.25, -0.2) is 4.98 Å². The average molecular weight is 481 g/mol. The summed E-state index contributed by atoms with van der Waals surface area (Å²) in [6.07, 6.45) is -4.16. The summed E-state index contributed by atoms with van der Waals surface area (Å²) in [6.45, 7) is 0. The minimum Gasteiger partial charge on any atom is -0.406 e. The number of nitro benzene ring substituents is 1. The zero-order valence-electron chi connectivity index (χ0n) is 16.2. The van der Waals surface area contributed by atoms with Gasteiger partial charge in [0.1, 0.15) is 5.75 Å². The highest BCUT2D eigenvalue weighted by atomic mass is 32.2. The molecule has 7 nitrogen and oxygen atoms in total. The summed E-state index contributed by atoms with van der Waals surface area (Å²) in [4.78, 5) is 28.6. The van der Waals surface area contributed by atoms with E-state index in [1.807, 2.05) is 0 Å². The average Bonchev–Trinajstić information content (AvgIpc) is 3.21. The quantitative estimate of drug-likeness (QED) is 0.212. The lowest BCUT2D eigenvalue weighted by Gasteiger charge is -2.15. The molecular formula is C20H14F3N3O4S2. The van der Waals surface area contributed by atoms with Crippen molar-refractivity contribution in [1.29, 1.82) is 0 Å². The number of aryl methyl sites for hydroxylation is 1. The lowest BCUT2D eigenvalue weighted by molar-refractivity contribution is -0.384. The molecule has 0 fully saturated rings. The van der Waals surface area contributed by atoms with Crippen molar-refractivity contribution in [2.24, 2.45) is 0 Å². The number of rotatable bonds is 6. The Hall–Kier alpha value is -2.99. The van der Waals surface area contributed by atoms with Gasteiger partial charge in [-0.05, 0) is 29.8 Å². The van der Waals surface area contributed by atoms with Gasteiger partial charge in [-0.2, -0.15) is 0 Å². The van der Waals surface area contributed by atoms with Crippen LogP contribution < -0.4 is 10.3 Å². The van der Waals surface area contributed by atoms with E-state index < -0.39 is 17.0 Å². The fraction of sp³-hybridized carbons (Fsp3) is 0.200. The van der Waals surface area contributed by atoms with E-state index in [-0.39, 0.29) is 11.2 Å². The van der Waals surface area contributed by atoms with Crippen LogP contribution in [0.4, 0.5) is 18.9 Å². The molecule has 0 atom stereocenters. The molecule has 0 aliphatic carbocycles. The van der Waals surface area contributed by atoms with Gasteiger partial charge in [-0.15, -0.1) is 24.9 Å². The number of ether oxygens (including phenoxy) is 1. The van der Waals surface area contributed by atoms with E-state index >= 15 is 0 Å². The van der Waals surface area contributed by atoms with Gasteiger partial charge >= 0.3 is 6.36 Å². The minimum atomic E-state index is -4.81. The van der Waals surface area contributed by atoms with E-state index in [2.05, 4.69) is 9.72 Å². The fourth-order valence-electron chi connectivity index (χ4n) is 3.08. The maximum Gasteiger partial charge on any atom is 0.573 e. The second-order valence-corrected chi connectivity index (χ2v) is 8.71. The van der Waals surface area contributed by atoms with E-state index in [1.54, 1.807) is 12.1 Å². The number of nitro groups is 1. The summed E-state index contributed by atoms with van der Waals surface area (Å²) >= 11 is 2.66. The van der Waals surface area contributed by atoms with Gasteiger partial charge in [0.2, 0.25) is 0 Å². The highest BCUT2D eigenvalue weighted by molar-refractivity contribution is 7.99. The number of aromatic nitrogens is 2. The number of hydrogen-bond donors (Lipinski definition) is 0. The van der Waals surface area contributed by atoms with Crippen LogP contribution in [0.5, 0.6) is 5.75 Å². The van der Waals surface area contributed by atoms with Gasteiger partial charge in [-0.3, -0.25) is 19.5 Å². The smallest absolute Gasteiger partial charge is 0.406 e. The normalized spacial score (nSPS) is 13.1. The van der Waals surface area contributed by atoms with Crippen molar-refractivity contribution in [2.45, 2.75) is 28.6 Å². The second kappa shape index (κ2) is 8.87. The number of non-ortho nitro benzene ring substituents is 1. The molecule has 1 aliphatic rings. The first-order valence-electron chi connectivity index (χ1n) is 9.22. The van der Waals surface area contributed by atoms with Crippen LogP contribution in [-0.4, -0.2) is 26.6 Å². The zero-order chi connectivity index (χ0) is 22.9. The Kier molecular flexibility index (Phi) is 6.15. The summed E-state index contributed by atoms with van der Waals surface area (Å²) in [5.74, 6) is 0.732. The highest BCUT2D eigenvalue weighted by Crippen LogP contribution is 2.32. The van der Waals surface area contributed by atoms with Crippen LogP contribution in [0.15, 0.2) is 63.4 Å². The number of fused-ring (bicyclic) bond motifs is 1. The molecule has 1 aromatic heterocycles. The van der Waals surface area contributed by atoms with Gasteiger partial charge in [0.15, 0.2) is 5.16 Å². The fourth-order valence-corrected chi connectivity index (χ4v) is 5.08. The van der Waals surface area contributed by atoms with Gasteiger partial charge in [0.05, 0.1) is 21.2 Å². The van der Waals surface area contributed by atoms with Crippen LogP contribution in [0, 0.1) is 10.1 Å². The van der Waals surface area contributed by atoms with E-state index in [0.717, 1.165) is 23.4 Å². The molecule has 0 saturated carbocycles. The molecule has 0 radical (unpaired) electrons. The Morgan fingerprint density at radius 1 is 1.16 bits per heavy atom. The molecule has 0 bridgehead atoms. The first-order chi connectivity index (χ1) is 15.2. The summed E-state index contributed by atoms with van der Waals surface area (Å²) in [7, 11) is 0. The molecule has 0 spiro atoms. The number of alkyl halides is 3. The highest BCUT2D eigenvalue weighted by Gasteiger charge is 2.31. The lowest BCUT2D eigenvalue weighted by Crippen LogP contribution is -2.24. The second-order valence-electron chi connectivity index (χ2n) is 6.66. The summed E-state index contributed by atoms with van der Waals surface area (Å²) in [6, 6.07) is 11.1. The molecule has 0 saturated heterocycles. The molecule has 4 rings (SSSR count). The van der Waals surface area contributed by atoms with Crippen molar-refractivity contribution in [3.8, 4) is 11.4 Å². The van der Waals surface area contributed by atoms with E-state index in [4.69, 9.17) is 0 Å². The molecule has 0 amide bonds. The monoisotopic (exact) mass is 481 g/mol. The zero-order valence-corrected chi connectivity index (χ0v) is 17.8. The van der Waals surface area contributed by atoms with Crippen molar-refractivity contribution >= 4 is 29.2 Å². The summed E-state index contributed by atoms with van der Waals surface area (Å²) < 4.78 is 42.6. The van der Waals surface area contributed by atoms with Gasteiger partial charge < -0.3 is 4.74 Å². The first-order valence-corrected chi connectivity index (χ1v) is 11.2. The largest absolute Gasteiger partial charge is 0.573 e. The Morgan fingerprint density at radius 2 is 1.84 bits per heavy atom. The van der Waals surface area contributed by atoms with Crippen molar-refractivity contribution in [2.75, 3.05) is 5.75 Å². The third-order valence-electron chi connectivity index (χ3n) is 4.51. The van der Waals surface area contributed by atoms with Gasteiger partial charge in [-0.1, -0.05) is 23.9 Å². The Morgan fingerprint density at radius 3 is 2.47 bits per heavy atom. The van der Waals surface area contributed by atoms with Gasteiger partial charge in [0.25, 0.3) is 11.2 Å². The standard InChI is InChI=1S/C20H14F3N3O4S2/c21-20(22,23)30-15-7-5-13(6-8-15)25-18(27)17-16(9-10-31-17)24-19(25)32-11-12-1-3-14(4-2-12)26(28)29/h1-8H,9-11H2. The van der Waals surface area contributed by atoms with E-state index in [1.165, 1.54) is 52.4 Å². The predicted octanol–water partition coefficient (Wildman–Crippen LogP) is 4.98. The Balaban J connectivity index is 1.66. The number of nitrogens with zero attached hydrogens (tertiary/aromatic N) is 3. The number of halogens is 3. The van der Waals surface area contributed by atoms with E-state index in [0.29, 0.717) is 33.6 Å². The third-order valence-corrected chi connectivity index (χ3v) is 6.63. The molecule has 2 heterocycles. The maximum absolute atomic E-state index is 13.1. The molecule has 3 aromatic rings. The number of thioether (sulfide) groups is 2. The van der Waals surface area contributed by atoms with Crippen molar-refractivity contribution in [1.82, 2.24) is 9.55 Å². The first kappa shape index (κ1) is 22.2. The van der Waals surface area contributed by atoms with Crippen molar-refractivity contribution in [3.63, 3.8) is 0 Å². The third kappa shape index (κ3) is 4.91. The van der Waals surface area contributed by atoms with Crippen LogP contribution in [0.1, 0.15) is 11.3 Å². The van der Waals surface area contributed by atoms with Crippen LogP contribution in [0.2, 0.25) is 0 Å². The SMILES string of the molecule is O=c1c2c(nc(SCc3ccc([N+](=O)[O-])cc3)n1-c1ccc(OC(F)(F)F)cc1)CCS2. The summed E-state index contributed by atoms with van der Waals surface area (Å²) in [5.41, 5.74) is 1.54. The van der Waals surface area contributed by atoms with Gasteiger partial charge in [0, 0.05) is 30.1 Å². The van der Waals surface area contributed by atoms with Crippen LogP contribution in [0.25, 0.3) is 5.69 Å². The molecule has 12 heteroatoms. The van der Waals surface area contributed by atoms with Crippen LogP contribution >= 0.6 is 23.5 Å². The molecule has 1 aliphatic heterocycles. The molecule has 0 unspecified atom stereocenters. The lowest BCUT2D eigenvalue weighted by atomic mass is 10.2. The Labute approximate surface area is 187 Å². The minimum absolute atomic E-state index is 0.0236. The van der Waals surface area contributed by atoms with E-state index in [9.17, 15) is 28.1 Å². The molecule has 0 N–H and O–H groups in total. The maximum atomic E-state index is 13.1. The molecule has 2 aromatic carbocycles. The molecule has 32 heavy (non-hydrogen) atoms. The van der Waals surface area contributed by atoms with Crippen LogP contribution in [0.3, 0.4) is 0 Å². The van der Waals surface area contributed by atoms with Crippen molar-refractivity contribution < 1.29 is 22.8 Å². The predicted molar refractivity (Wildman–Crippen MR) is 114 cm³/mol. The number of hydrogen-bond acceptors (Lipinski definition) is 7. The van der Waals surface area contributed by atoms with Crippen molar-refractivity contribution in [3.05, 3.63) is 80.3 Å².